The summed E-state index contributed by atoms with van der Waals surface area (Å²) < 4.78 is 2.22. The fourth-order valence-electron chi connectivity index (χ4n) is 2.95. The van der Waals surface area contributed by atoms with Crippen LogP contribution in [0.2, 0.25) is 0 Å². The fraction of sp³-hybridized carbons (Fsp3) is 0.174. The summed E-state index contributed by atoms with van der Waals surface area (Å²) in [5.74, 6) is 0.950. The van der Waals surface area contributed by atoms with Crippen LogP contribution in [-0.4, -0.2) is 9.55 Å². The van der Waals surface area contributed by atoms with Crippen LogP contribution in [0.4, 0.5) is 5.69 Å². The number of imidazole rings is 1. The monoisotopic (exact) mass is 343 g/mol. The first-order chi connectivity index (χ1) is 12.6. The molecule has 26 heavy (non-hydrogen) atoms. The van der Waals surface area contributed by atoms with E-state index in [4.69, 9.17) is 4.98 Å². The highest BCUT2D eigenvalue weighted by Crippen LogP contribution is 2.28. The molecule has 0 bridgehead atoms. The van der Waals surface area contributed by atoms with Gasteiger partial charge in [0.2, 0.25) is 0 Å². The summed E-state index contributed by atoms with van der Waals surface area (Å²) in [6.07, 6.45) is 5.33. The molecule has 0 aliphatic rings. The molecule has 1 heterocycles. The maximum atomic E-state index is 4.87. The summed E-state index contributed by atoms with van der Waals surface area (Å²) in [6, 6.07) is 18.7. The number of allylic oxidation sites excluding steroid dienone is 2. The van der Waals surface area contributed by atoms with Crippen molar-refractivity contribution in [1.82, 2.24) is 9.55 Å². The molecule has 1 aromatic heterocycles. The third-order valence-electron chi connectivity index (χ3n) is 4.12. The quantitative estimate of drug-likeness (QED) is 0.576. The van der Waals surface area contributed by atoms with Gasteiger partial charge < -0.3 is 5.32 Å². The molecule has 3 heteroatoms. The highest BCUT2D eigenvalue weighted by Gasteiger charge is 2.15. The Kier molecular flexibility index (Phi) is 5.37. The van der Waals surface area contributed by atoms with Crippen LogP contribution in [0.25, 0.3) is 23.2 Å². The topological polar surface area (TPSA) is 29.9 Å². The summed E-state index contributed by atoms with van der Waals surface area (Å²) in [5.41, 5.74) is 6.30. The zero-order valence-corrected chi connectivity index (χ0v) is 15.7. The zero-order chi connectivity index (χ0) is 18.5. The SMILES string of the molecule is C=C(C)Nc1ccc(-c2nc(C)c(/C=C\CC)n2-c2ccccc2)cc1. The normalized spacial score (nSPS) is 11.0. The van der Waals surface area contributed by atoms with E-state index in [1.807, 2.05) is 13.0 Å². The van der Waals surface area contributed by atoms with Gasteiger partial charge in [-0.1, -0.05) is 37.8 Å². The van der Waals surface area contributed by atoms with Gasteiger partial charge in [-0.05, 0) is 62.7 Å². The molecule has 2 aromatic carbocycles. The van der Waals surface area contributed by atoms with Crippen LogP contribution in [0.1, 0.15) is 31.7 Å². The van der Waals surface area contributed by atoms with Crippen molar-refractivity contribution in [2.24, 2.45) is 0 Å². The summed E-state index contributed by atoms with van der Waals surface area (Å²) in [4.78, 5) is 4.87. The van der Waals surface area contributed by atoms with E-state index in [2.05, 4.69) is 91.0 Å². The van der Waals surface area contributed by atoms with Crippen LogP contribution in [0.3, 0.4) is 0 Å². The van der Waals surface area contributed by atoms with Crippen molar-refractivity contribution in [2.45, 2.75) is 27.2 Å². The Hall–Kier alpha value is -3.07. The van der Waals surface area contributed by atoms with Gasteiger partial charge in [-0.15, -0.1) is 0 Å². The van der Waals surface area contributed by atoms with Crippen molar-refractivity contribution < 1.29 is 0 Å². The number of para-hydroxylation sites is 1. The van der Waals surface area contributed by atoms with E-state index >= 15 is 0 Å². The van der Waals surface area contributed by atoms with Gasteiger partial charge in [0.25, 0.3) is 0 Å². The molecule has 0 spiro atoms. The molecule has 132 valence electrons. The lowest BCUT2D eigenvalue weighted by atomic mass is 10.2. The molecule has 0 unspecified atom stereocenters. The minimum atomic E-state index is 0.923. The van der Waals surface area contributed by atoms with Gasteiger partial charge in [0.15, 0.2) is 0 Å². The number of nitrogens with one attached hydrogen (secondary N) is 1. The van der Waals surface area contributed by atoms with Gasteiger partial charge in [-0.25, -0.2) is 4.98 Å². The minimum Gasteiger partial charge on any atom is -0.360 e. The molecule has 3 nitrogen and oxygen atoms in total. The van der Waals surface area contributed by atoms with Gasteiger partial charge in [0.1, 0.15) is 5.82 Å². The van der Waals surface area contributed by atoms with Gasteiger partial charge >= 0.3 is 0 Å². The summed E-state index contributed by atoms with van der Waals surface area (Å²) in [5, 5.41) is 3.24. The van der Waals surface area contributed by atoms with E-state index in [-0.39, 0.29) is 0 Å². The van der Waals surface area contributed by atoms with E-state index in [9.17, 15) is 0 Å². The maximum Gasteiger partial charge on any atom is 0.145 e. The Morgan fingerprint density at radius 3 is 2.42 bits per heavy atom. The van der Waals surface area contributed by atoms with Crippen molar-refractivity contribution in [1.29, 1.82) is 0 Å². The van der Waals surface area contributed by atoms with Gasteiger partial charge in [0, 0.05) is 22.6 Å². The Balaban J connectivity index is 2.12. The molecule has 0 aliphatic carbocycles. The number of anilines is 1. The lowest BCUT2D eigenvalue weighted by Crippen LogP contribution is -2.00. The number of aryl methyl sites for hydroxylation is 1. The molecule has 0 amide bonds. The molecule has 0 atom stereocenters. The van der Waals surface area contributed by atoms with Crippen LogP contribution in [0.15, 0.2) is 72.9 Å². The Labute approximate surface area is 155 Å². The van der Waals surface area contributed by atoms with Crippen molar-refractivity contribution in [3.8, 4) is 17.1 Å². The third kappa shape index (κ3) is 3.77. The summed E-state index contributed by atoms with van der Waals surface area (Å²) in [7, 11) is 0. The van der Waals surface area contributed by atoms with E-state index in [1.165, 1.54) is 0 Å². The Bertz CT molecular complexity index is 916. The van der Waals surface area contributed by atoms with Gasteiger partial charge in [0.05, 0.1) is 11.4 Å². The Morgan fingerprint density at radius 1 is 1.12 bits per heavy atom. The number of benzene rings is 2. The fourth-order valence-corrected chi connectivity index (χ4v) is 2.95. The predicted octanol–water partition coefficient (Wildman–Crippen LogP) is 6.22. The average molecular weight is 343 g/mol. The molecule has 0 aliphatic heterocycles. The largest absolute Gasteiger partial charge is 0.360 e. The zero-order valence-electron chi connectivity index (χ0n) is 15.7. The van der Waals surface area contributed by atoms with E-state index in [0.29, 0.717) is 0 Å². The maximum absolute atomic E-state index is 4.87. The third-order valence-corrected chi connectivity index (χ3v) is 4.12. The van der Waals surface area contributed by atoms with Crippen LogP contribution < -0.4 is 5.32 Å². The molecule has 3 rings (SSSR count). The van der Waals surface area contributed by atoms with Crippen molar-refractivity contribution in [3.05, 3.63) is 84.3 Å². The number of hydrogen-bond donors (Lipinski definition) is 1. The number of nitrogens with zero attached hydrogens (tertiary/aromatic N) is 2. The molecule has 1 N–H and O–H groups in total. The standard InChI is InChI=1S/C23H25N3/c1-5-6-12-22-18(4)25-23(26(22)21-10-8-7-9-11-21)19-13-15-20(16-14-19)24-17(2)3/h6-16,24H,2,5H2,1,3-4H3/b12-6-. The van der Waals surface area contributed by atoms with Crippen LogP contribution in [0.5, 0.6) is 0 Å². The van der Waals surface area contributed by atoms with E-state index < -0.39 is 0 Å². The first-order valence-corrected chi connectivity index (χ1v) is 8.94. The molecule has 3 aromatic rings. The molecule has 0 radical (unpaired) electrons. The summed E-state index contributed by atoms with van der Waals surface area (Å²) >= 11 is 0. The lowest BCUT2D eigenvalue weighted by Gasteiger charge is -2.12. The smallest absolute Gasteiger partial charge is 0.145 e. The highest BCUT2D eigenvalue weighted by molar-refractivity contribution is 5.67. The lowest BCUT2D eigenvalue weighted by molar-refractivity contribution is 1.05. The van der Waals surface area contributed by atoms with Crippen molar-refractivity contribution >= 4 is 11.8 Å². The predicted molar refractivity (Wildman–Crippen MR) is 111 cm³/mol. The highest BCUT2D eigenvalue weighted by atomic mass is 15.1. The first-order valence-electron chi connectivity index (χ1n) is 8.94. The van der Waals surface area contributed by atoms with Gasteiger partial charge in [-0.2, -0.15) is 0 Å². The minimum absolute atomic E-state index is 0.923. The van der Waals surface area contributed by atoms with Crippen LogP contribution in [0, 0.1) is 6.92 Å². The molecule has 0 saturated heterocycles. The second-order valence-electron chi connectivity index (χ2n) is 6.37. The van der Waals surface area contributed by atoms with E-state index in [0.717, 1.165) is 46.3 Å². The second-order valence-corrected chi connectivity index (χ2v) is 6.37. The molecular weight excluding hydrogens is 318 g/mol. The molecular formula is C23H25N3. The number of hydrogen-bond acceptors (Lipinski definition) is 2. The average Bonchev–Trinajstić information content (AvgIpc) is 2.97. The molecule has 0 fully saturated rings. The van der Waals surface area contributed by atoms with Crippen LogP contribution in [-0.2, 0) is 0 Å². The summed E-state index contributed by atoms with van der Waals surface area (Å²) in [6.45, 7) is 10.1. The van der Waals surface area contributed by atoms with Crippen molar-refractivity contribution in [3.63, 3.8) is 0 Å². The second kappa shape index (κ2) is 7.87. The van der Waals surface area contributed by atoms with Crippen molar-refractivity contribution in [2.75, 3.05) is 5.32 Å². The Morgan fingerprint density at radius 2 is 1.81 bits per heavy atom. The van der Waals surface area contributed by atoms with Crippen LogP contribution >= 0.6 is 0 Å². The van der Waals surface area contributed by atoms with E-state index in [1.54, 1.807) is 0 Å². The van der Waals surface area contributed by atoms with Gasteiger partial charge in [-0.3, -0.25) is 4.57 Å². The number of aromatic nitrogens is 2. The number of rotatable bonds is 6. The first kappa shape index (κ1) is 17.7. The molecule has 0 saturated carbocycles.